The van der Waals surface area contributed by atoms with Crippen LogP contribution in [0.5, 0.6) is 0 Å². The number of likely N-dealkylation sites (tertiary alicyclic amines) is 1. The third-order valence-electron chi connectivity index (χ3n) is 4.28. The van der Waals surface area contributed by atoms with Crippen molar-refractivity contribution in [3.63, 3.8) is 0 Å². The molecule has 1 aliphatic heterocycles. The average molecular weight is 299 g/mol. The van der Waals surface area contributed by atoms with Gasteiger partial charge in [-0.25, -0.2) is 4.39 Å². The Labute approximate surface area is 128 Å². The fourth-order valence-corrected chi connectivity index (χ4v) is 3.10. The Balaban J connectivity index is 1.97. The summed E-state index contributed by atoms with van der Waals surface area (Å²) in [6.45, 7) is 3.40. The molecule has 3 rings (SSSR count). The molecular weight excluding hydrogens is 281 g/mol. The number of hydrogen-bond donors (Lipinski definition) is 0. The van der Waals surface area contributed by atoms with Gasteiger partial charge in [-0.3, -0.25) is 4.79 Å². The molecule has 0 saturated carbocycles. The molecule has 0 bridgehead atoms. The molecule has 0 amide bonds. The van der Waals surface area contributed by atoms with Gasteiger partial charge in [-0.15, -0.1) is 0 Å². The summed E-state index contributed by atoms with van der Waals surface area (Å²) in [5.74, 6) is -0.395. The first-order valence-corrected chi connectivity index (χ1v) is 7.64. The van der Waals surface area contributed by atoms with Crippen LogP contribution in [0.3, 0.4) is 0 Å². The van der Waals surface area contributed by atoms with Gasteiger partial charge in [0.2, 0.25) is 0 Å². The summed E-state index contributed by atoms with van der Waals surface area (Å²) in [7, 11) is 0. The molecule has 114 valence electrons. The number of rotatable bonds is 3. The molecule has 2 aromatic rings. The summed E-state index contributed by atoms with van der Waals surface area (Å²) in [5.41, 5.74) is 0.557. The van der Waals surface area contributed by atoms with E-state index in [1.54, 1.807) is 10.6 Å². The quantitative estimate of drug-likeness (QED) is 0.875. The van der Waals surface area contributed by atoms with Gasteiger partial charge < -0.3 is 9.47 Å². The lowest BCUT2D eigenvalue weighted by Crippen LogP contribution is -2.34. The first kappa shape index (κ1) is 14.7. The lowest BCUT2D eigenvalue weighted by molar-refractivity contribution is 0.221. The van der Waals surface area contributed by atoms with E-state index in [4.69, 9.17) is 5.26 Å². The van der Waals surface area contributed by atoms with E-state index in [1.807, 2.05) is 6.07 Å². The standard InChI is InChI=1S/C17H18FN3O/c18-14-4-5-15-13(12-19)10-17(22)21(16(15)11-14)9-8-20-6-2-1-3-7-20/h4-5,10-11H,1-3,6-9H2. The molecule has 4 nitrogen and oxygen atoms in total. The number of piperidine rings is 1. The van der Waals surface area contributed by atoms with E-state index in [9.17, 15) is 9.18 Å². The predicted molar refractivity (Wildman–Crippen MR) is 83.2 cm³/mol. The van der Waals surface area contributed by atoms with E-state index < -0.39 is 5.82 Å². The first-order valence-electron chi connectivity index (χ1n) is 7.64. The van der Waals surface area contributed by atoms with Crippen LogP contribution in [0.15, 0.2) is 29.1 Å². The van der Waals surface area contributed by atoms with Crippen LogP contribution in [0.1, 0.15) is 24.8 Å². The van der Waals surface area contributed by atoms with Gasteiger partial charge in [0, 0.05) is 24.5 Å². The summed E-state index contributed by atoms with van der Waals surface area (Å²) < 4.78 is 15.1. The molecular formula is C17H18FN3O. The summed E-state index contributed by atoms with van der Waals surface area (Å²) in [4.78, 5) is 14.6. The number of nitrogens with zero attached hydrogens (tertiary/aromatic N) is 3. The second-order valence-electron chi connectivity index (χ2n) is 5.72. The van der Waals surface area contributed by atoms with Gasteiger partial charge in [0.1, 0.15) is 11.9 Å². The van der Waals surface area contributed by atoms with Crippen LogP contribution < -0.4 is 5.56 Å². The third-order valence-corrected chi connectivity index (χ3v) is 4.28. The molecule has 0 N–H and O–H groups in total. The van der Waals surface area contributed by atoms with Crippen LogP contribution in [0.25, 0.3) is 10.9 Å². The smallest absolute Gasteiger partial charge is 0.252 e. The second-order valence-corrected chi connectivity index (χ2v) is 5.72. The third kappa shape index (κ3) is 2.88. The van der Waals surface area contributed by atoms with Gasteiger partial charge in [-0.1, -0.05) is 6.42 Å². The van der Waals surface area contributed by atoms with Crippen LogP contribution in [-0.4, -0.2) is 29.1 Å². The number of halogens is 1. The van der Waals surface area contributed by atoms with Crippen LogP contribution in [0.4, 0.5) is 4.39 Å². The van der Waals surface area contributed by atoms with Crippen molar-refractivity contribution in [3.8, 4) is 6.07 Å². The molecule has 1 aromatic carbocycles. The van der Waals surface area contributed by atoms with Crippen molar-refractivity contribution in [1.29, 1.82) is 5.26 Å². The molecule has 1 fully saturated rings. The van der Waals surface area contributed by atoms with E-state index in [0.29, 0.717) is 23.0 Å². The fourth-order valence-electron chi connectivity index (χ4n) is 3.10. The average Bonchev–Trinajstić information content (AvgIpc) is 2.54. The van der Waals surface area contributed by atoms with Gasteiger partial charge in [0.05, 0.1) is 11.1 Å². The van der Waals surface area contributed by atoms with Gasteiger partial charge in [-0.2, -0.15) is 5.26 Å². The Hall–Kier alpha value is -2.19. The molecule has 2 heterocycles. The van der Waals surface area contributed by atoms with E-state index in [1.165, 1.54) is 37.5 Å². The summed E-state index contributed by atoms with van der Waals surface area (Å²) in [6.07, 6.45) is 3.65. The van der Waals surface area contributed by atoms with Gasteiger partial charge >= 0.3 is 0 Å². The molecule has 0 spiro atoms. The van der Waals surface area contributed by atoms with Crippen LogP contribution in [-0.2, 0) is 6.54 Å². The number of hydrogen-bond acceptors (Lipinski definition) is 3. The lowest BCUT2D eigenvalue weighted by Gasteiger charge is -2.26. The van der Waals surface area contributed by atoms with Crippen molar-refractivity contribution in [3.05, 3.63) is 46.0 Å². The zero-order valence-corrected chi connectivity index (χ0v) is 12.4. The first-order chi connectivity index (χ1) is 10.7. The van der Waals surface area contributed by atoms with E-state index in [0.717, 1.165) is 19.6 Å². The Kier molecular flexibility index (Phi) is 4.21. The second kappa shape index (κ2) is 6.29. The maximum Gasteiger partial charge on any atom is 0.252 e. The highest BCUT2D eigenvalue weighted by Gasteiger charge is 2.13. The Morgan fingerprint density at radius 3 is 2.64 bits per heavy atom. The number of benzene rings is 1. The summed E-state index contributed by atoms with van der Waals surface area (Å²) in [5, 5.41) is 9.78. The number of nitriles is 1. The maximum absolute atomic E-state index is 13.6. The molecule has 0 aliphatic carbocycles. The van der Waals surface area contributed by atoms with Crippen LogP contribution in [0, 0.1) is 17.1 Å². The Morgan fingerprint density at radius 1 is 1.14 bits per heavy atom. The molecule has 0 unspecified atom stereocenters. The predicted octanol–water partition coefficient (Wildman–Crippen LogP) is 2.50. The Bertz CT molecular complexity index is 785. The highest BCUT2D eigenvalue weighted by molar-refractivity contribution is 5.84. The number of fused-ring (bicyclic) bond motifs is 1. The van der Waals surface area contributed by atoms with Crippen LogP contribution in [0.2, 0.25) is 0 Å². The van der Waals surface area contributed by atoms with E-state index in [-0.39, 0.29) is 5.56 Å². The zero-order chi connectivity index (χ0) is 15.5. The molecule has 0 atom stereocenters. The zero-order valence-electron chi connectivity index (χ0n) is 12.4. The van der Waals surface area contributed by atoms with Crippen molar-refractivity contribution in [2.24, 2.45) is 0 Å². The molecule has 1 saturated heterocycles. The number of pyridine rings is 1. The largest absolute Gasteiger partial charge is 0.307 e. The van der Waals surface area contributed by atoms with E-state index in [2.05, 4.69) is 4.90 Å². The van der Waals surface area contributed by atoms with Crippen LogP contribution >= 0.6 is 0 Å². The normalized spacial score (nSPS) is 15.8. The minimum atomic E-state index is -0.395. The van der Waals surface area contributed by atoms with Gasteiger partial charge in [-0.05, 0) is 44.1 Å². The van der Waals surface area contributed by atoms with Crippen molar-refractivity contribution in [1.82, 2.24) is 9.47 Å². The van der Waals surface area contributed by atoms with Gasteiger partial charge in [0.15, 0.2) is 0 Å². The Morgan fingerprint density at radius 2 is 1.91 bits per heavy atom. The highest BCUT2D eigenvalue weighted by atomic mass is 19.1. The molecule has 1 aliphatic rings. The lowest BCUT2D eigenvalue weighted by atomic mass is 10.1. The van der Waals surface area contributed by atoms with Crippen molar-refractivity contribution in [2.75, 3.05) is 19.6 Å². The summed E-state index contributed by atoms with van der Waals surface area (Å²) >= 11 is 0. The monoisotopic (exact) mass is 299 g/mol. The topological polar surface area (TPSA) is 49.0 Å². The van der Waals surface area contributed by atoms with Crippen molar-refractivity contribution < 1.29 is 4.39 Å². The molecule has 5 heteroatoms. The molecule has 0 radical (unpaired) electrons. The van der Waals surface area contributed by atoms with Gasteiger partial charge in [0.25, 0.3) is 5.56 Å². The molecule has 1 aromatic heterocycles. The fraction of sp³-hybridized carbons (Fsp3) is 0.412. The highest BCUT2D eigenvalue weighted by Crippen LogP contribution is 2.18. The van der Waals surface area contributed by atoms with Crippen molar-refractivity contribution >= 4 is 10.9 Å². The van der Waals surface area contributed by atoms with Crippen molar-refractivity contribution in [2.45, 2.75) is 25.8 Å². The summed E-state index contributed by atoms with van der Waals surface area (Å²) in [6, 6.07) is 7.59. The van der Waals surface area contributed by atoms with E-state index >= 15 is 0 Å². The number of aromatic nitrogens is 1. The molecule has 22 heavy (non-hydrogen) atoms. The SMILES string of the molecule is N#Cc1cc(=O)n(CCN2CCCCC2)c2cc(F)ccc12. The maximum atomic E-state index is 13.6. The minimum Gasteiger partial charge on any atom is -0.307 e. The minimum absolute atomic E-state index is 0.244.